The van der Waals surface area contributed by atoms with Crippen molar-refractivity contribution in [1.29, 1.82) is 5.26 Å². The topological polar surface area (TPSA) is 102 Å². The molecule has 112 valence electrons. The van der Waals surface area contributed by atoms with E-state index >= 15 is 0 Å². The molecule has 0 radical (unpaired) electrons. The zero-order chi connectivity index (χ0) is 16.0. The fourth-order valence-corrected chi connectivity index (χ4v) is 1.71. The summed E-state index contributed by atoms with van der Waals surface area (Å²) in [5, 5.41) is 23.1. The summed E-state index contributed by atoms with van der Waals surface area (Å²) >= 11 is 5.93. The molecule has 0 spiro atoms. The number of aliphatic carboxylic acids is 1. The van der Waals surface area contributed by atoms with Gasteiger partial charge in [-0.1, -0.05) is 18.5 Å². The van der Waals surface area contributed by atoms with Crippen LogP contribution in [0.5, 0.6) is 0 Å². The molecule has 0 aliphatic carbocycles. The predicted molar refractivity (Wildman–Crippen MR) is 79.2 cm³/mol. The highest BCUT2D eigenvalue weighted by molar-refractivity contribution is 6.33. The van der Waals surface area contributed by atoms with Crippen LogP contribution in [0.2, 0.25) is 5.02 Å². The number of nitrogens with one attached hydrogen (secondary N) is 2. The van der Waals surface area contributed by atoms with Crippen LogP contribution in [-0.4, -0.2) is 23.7 Å². The maximum absolute atomic E-state index is 11.8. The summed E-state index contributed by atoms with van der Waals surface area (Å²) < 4.78 is 0. The number of carbonyl (C=O) groups is 2. The van der Waals surface area contributed by atoms with Crippen LogP contribution in [-0.2, 0) is 4.79 Å². The number of benzene rings is 1. The Labute approximate surface area is 127 Å². The average molecular weight is 310 g/mol. The van der Waals surface area contributed by atoms with E-state index in [9.17, 15) is 9.59 Å². The molecule has 0 bridgehead atoms. The first-order valence-electron chi connectivity index (χ1n) is 6.30. The minimum absolute atomic E-state index is 0.00142. The first-order chi connectivity index (χ1) is 9.82. The predicted octanol–water partition coefficient (Wildman–Crippen LogP) is 2.83. The Hall–Kier alpha value is -2.26. The van der Waals surface area contributed by atoms with Gasteiger partial charge in [-0.05, 0) is 31.5 Å². The van der Waals surface area contributed by atoms with E-state index in [1.165, 1.54) is 18.2 Å². The molecule has 1 rings (SSSR count). The molecule has 1 aromatic carbocycles. The van der Waals surface area contributed by atoms with E-state index in [-0.39, 0.29) is 11.6 Å². The van der Waals surface area contributed by atoms with Gasteiger partial charge in [0.15, 0.2) is 0 Å². The molecule has 0 aliphatic heterocycles. The van der Waals surface area contributed by atoms with Crippen LogP contribution in [0.15, 0.2) is 18.2 Å². The van der Waals surface area contributed by atoms with Gasteiger partial charge in [-0.15, -0.1) is 0 Å². The number of hydrogen-bond acceptors (Lipinski definition) is 3. The lowest BCUT2D eigenvalue weighted by Crippen LogP contribution is -2.42. The molecule has 0 saturated heterocycles. The third kappa shape index (κ3) is 4.36. The number of amides is 2. The molecule has 0 aliphatic rings. The number of hydrogen-bond donors (Lipinski definition) is 3. The van der Waals surface area contributed by atoms with Crippen molar-refractivity contribution in [2.45, 2.75) is 20.3 Å². The van der Waals surface area contributed by atoms with Crippen molar-refractivity contribution in [2.75, 3.05) is 11.9 Å². The number of carbonyl (C=O) groups excluding carboxylic acids is 1. The van der Waals surface area contributed by atoms with Crippen molar-refractivity contribution in [3.63, 3.8) is 0 Å². The minimum atomic E-state index is -1.02. The largest absolute Gasteiger partial charge is 0.481 e. The van der Waals surface area contributed by atoms with Crippen molar-refractivity contribution in [2.24, 2.45) is 5.41 Å². The van der Waals surface area contributed by atoms with Crippen molar-refractivity contribution >= 4 is 29.3 Å². The highest BCUT2D eigenvalue weighted by Crippen LogP contribution is 2.23. The van der Waals surface area contributed by atoms with E-state index in [2.05, 4.69) is 10.6 Å². The van der Waals surface area contributed by atoms with Crippen LogP contribution in [0, 0.1) is 16.7 Å². The molecule has 2 amide bonds. The molecule has 1 unspecified atom stereocenters. The smallest absolute Gasteiger partial charge is 0.319 e. The Morgan fingerprint density at radius 2 is 2.14 bits per heavy atom. The van der Waals surface area contributed by atoms with E-state index in [0.29, 0.717) is 17.7 Å². The highest BCUT2D eigenvalue weighted by atomic mass is 35.5. The van der Waals surface area contributed by atoms with Gasteiger partial charge in [0.25, 0.3) is 0 Å². The van der Waals surface area contributed by atoms with Gasteiger partial charge >= 0.3 is 12.0 Å². The maximum Gasteiger partial charge on any atom is 0.319 e. The summed E-state index contributed by atoms with van der Waals surface area (Å²) in [5.74, 6) is -0.971. The molecule has 0 aromatic heterocycles. The van der Waals surface area contributed by atoms with Crippen LogP contribution < -0.4 is 10.6 Å². The number of rotatable bonds is 5. The zero-order valence-electron chi connectivity index (χ0n) is 11.7. The van der Waals surface area contributed by atoms with Gasteiger partial charge in [0.05, 0.1) is 27.8 Å². The number of nitrogens with zero attached hydrogens (tertiary/aromatic N) is 1. The second-order valence-electron chi connectivity index (χ2n) is 4.83. The molecule has 3 N–H and O–H groups in total. The minimum Gasteiger partial charge on any atom is -0.481 e. The molecule has 6 nitrogen and oxygen atoms in total. The van der Waals surface area contributed by atoms with Gasteiger partial charge in [-0.2, -0.15) is 5.26 Å². The van der Waals surface area contributed by atoms with E-state index < -0.39 is 17.4 Å². The molecule has 0 saturated carbocycles. The van der Waals surface area contributed by atoms with E-state index in [0.717, 1.165) is 0 Å². The Morgan fingerprint density at radius 1 is 1.48 bits per heavy atom. The van der Waals surface area contributed by atoms with Crippen molar-refractivity contribution in [3.8, 4) is 6.07 Å². The lowest BCUT2D eigenvalue weighted by molar-refractivity contribution is -0.147. The SMILES string of the molecule is CCC(C)(CNC(=O)Nc1ccc(C#N)cc1Cl)C(=O)O. The van der Waals surface area contributed by atoms with Gasteiger partial charge in [0, 0.05) is 6.54 Å². The summed E-state index contributed by atoms with van der Waals surface area (Å²) in [4.78, 5) is 22.9. The molecule has 0 fully saturated rings. The first kappa shape index (κ1) is 16.8. The number of anilines is 1. The standard InChI is InChI=1S/C14H16ClN3O3/c1-3-14(2,12(19)20)8-17-13(21)18-11-5-4-9(7-16)6-10(11)15/h4-6H,3,8H2,1-2H3,(H,19,20)(H2,17,18,21). The molecular weight excluding hydrogens is 294 g/mol. The van der Waals surface area contributed by atoms with Gasteiger partial charge in [0.1, 0.15) is 0 Å². The number of halogens is 1. The van der Waals surface area contributed by atoms with Crippen LogP contribution in [0.4, 0.5) is 10.5 Å². The van der Waals surface area contributed by atoms with Gasteiger partial charge < -0.3 is 15.7 Å². The summed E-state index contributed by atoms with van der Waals surface area (Å²) in [6.45, 7) is 3.30. The van der Waals surface area contributed by atoms with Crippen molar-refractivity contribution in [3.05, 3.63) is 28.8 Å². The van der Waals surface area contributed by atoms with Gasteiger partial charge in [-0.25, -0.2) is 4.79 Å². The third-order valence-electron chi connectivity index (χ3n) is 3.28. The zero-order valence-corrected chi connectivity index (χ0v) is 12.5. The van der Waals surface area contributed by atoms with Crippen molar-refractivity contribution < 1.29 is 14.7 Å². The molecule has 0 heterocycles. The fourth-order valence-electron chi connectivity index (χ4n) is 1.48. The highest BCUT2D eigenvalue weighted by Gasteiger charge is 2.31. The summed E-state index contributed by atoms with van der Waals surface area (Å²) in [5.41, 5.74) is -0.289. The normalized spacial score (nSPS) is 12.9. The summed E-state index contributed by atoms with van der Waals surface area (Å²) in [7, 11) is 0. The second kappa shape index (κ2) is 6.95. The van der Waals surface area contributed by atoms with Crippen LogP contribution in [0.3, 0.4) is 0 Å². The van der Waals surface area contributed by atoms with Gasteiger partial charge in [-0.3, -0.25) is 4.79 Å². The van der Waals surface area contributed by atoms with Crippen molar-refractivity contribution in [1.82, 2.24) is 5.32 Å². The van der Waals surface area contributed by atoms with Gasteiger partial charge in [0.2, 0.25) is 0 Å². The first-order valence-corrected chi connectivity index (χ1v) is 6.68. The molecule has 21 heavy (non-hydrogen) atoms. The molecule has 1 atom stereocenters. The average Bonchev–Trinajstić information content (AvgIpc) is 2.46. The Balaban J connectivity index is 2.67. The number of urea groups is 1. The quantitative estimate of drug-likeness (QED) is 0.778. The lowest BCUT2D eigenvalue weighted by atomic mass is 9.88. The van der Waals surface area contributed by atoms with Crippen LogP contribution in [0.25, 0.3) is 0 Å². The molecule has 1 aromatic rings. The summed E-state index contributed by atoms with van der Waals surface area (Å²) in [6, 6.07) is 5.85. The maximum atomic E-state index is 11.8. The van der Waals surface area contributed by atoms with E-state index in [1.54, 1.807) is 13.8 Å². The third-order valence-corrected chi connectivity index (χ3v) is 3.59. The Kier molecular flexibility index (Phi) is 5.56. The molecular formula is C14H16ClN3O3. The fraction of sp³-hybridized carbons (Fsp3) is 0.357. The number of carboxylic acids is 1. The van der Waals surface area contributed by atoms with E-state index in [4.69, 9.17) is 22.0 Å². The monoisotopic (exact) mass is 309 g/mol. The lowest BCUT2D eigenvalue weighted by Gasteiger charge is -2.23. The second-order valence-corrected chi connectivity index (χ2v) is 5.24. The molecule has 7 heteroatoms. The van der Waals surface area contributed by atoms with Crippen LogP contribution in [0.1, 0.15) is 25.8 Å². The Morgan fingerprint density at radius 3 is 2.62 bits per heavy atom. The Bertz CT molecular complexity index is 598. The number of nitriles is 1. The number of carboxylic acid groups (broad SMARTS) is 1. The van der Waals surface area contributed by atoms with E-state index in [1.807, 2.05) is 6.07 Å². The summed E-state index contributed by atoms with van der Waals surface area (Å²) in [6.07, 6.45) is 0.389. The van der Waals surface area contributed by atoms with Crippen LogP contribution >= 0.6 is 11.6 Å².